The van der Waals surface area contributed by atoms with Gasteiger partial charge in [0.05, 0.1) is 12.2 Å². The highest BCUT2D eigenvalue weighted by molar-refractivity contribution is 5.36. The van der Waals surface area contributed by atoms with Crippen LogP contribution >= 0.6 is 0 Å². The molecule has 1 aliphatic carbocycles. The van der Waals surface area contributed by atoms with Gasteiger partial charge < -0.3 is 15.2 Å². The van der Waals surface area contributed by atoms with E-state index in [9.17, 15) is 0 Å². The van der Waals surface area contributed by atoms with E-state index in [4.69, 9.17) is 15.2 Å². The molecule has 2 N–H and O–H groups in total. The van der Waals surface area contributed by atoms with E-state index in [0.29, 0.717) is 0 Å². The van der Waals surface area contributed by atoms with Crippen molar-refractivity contribution in [3.63, 3.8) is 0 Å². The largest absolute Gasteiger partial charge is 0.490 e. The number of benzene rings is 1. The number of para-hydroxylation sites is 1. The predicted molar refractivity (Wildman–Crippen MR) is 84.5 cm³/mol. The van der Waals surface area contributed by atoms with Crippen LogP contribution in [0.2, 0.25) is 0 Å². The Kier molecular flexibility index (Phi) is 4.51. The van der Waals surface area contributed by atoms with Gasteiger partial charge in [-0.15, -0.1) is 0 Å². The van der Waals surface area contributed by atoms with Gasteiger partial charge >= 0.3 is 0 Å². The Labute approximate surface area is 127 Å². The molecule has 21 heavy (non-hydrogen) atoms. The second kappa shape index (κ2) is 6.37. The fraction of sp³-hybridized carbons (Fsp3) is 0.667. The van der Waals surface area contributed by atoms with Gasteiger partial charge in [0.15, 0.2) is 0 Å². The quantitative estimate of drug-likeness (QED) is 0.912. The van der Waals surface area contributed by atoms with Crippen molar-refractivity contribution in [3.8, 4) is 5.75 Å². The Hall–Kier alpha value is -1.06. The van der Waals surface area contributed by atoms with E-state index in [1.165, 1.54) is 25.7 Å². The molecule has 116 valence electrons. The molecular formula is C18H27NO2. The van der Waals surface area contributed by atoms with Gasteiger partial charge in [-0.1, -0.05) is 38.0 Å². The van der Waals surface area contributed by atoms with Crippen LogP contribution in [0.1, 0.15) is 63.5 Å². The fourth-order valence-corrected chi connectivity index (χ4v) is 3.74. The molecule has 1 spiro atoms. The molecular weight excluding hydrogens is 262 g/mol. The zero-order chi connectivity index (χ0) is 14.7. The molecule has 3 rings (SSSR count). The Balaban J connectivity index is 1.71. The minimum absolute atomic E-state index is 0.0569. The van der Waals surface area contributed by atoms with E-state index >= 15 is 0 Å². The van der Waals surface area contributed by atoms with Crippen LogP contribution in [0.3, 0.4) is 0 Å². The number of nitrogens with two attached hydrogens (primary N) is 1. The van der Waals surface area contributed by atoms with Crippen LogP contribution in [-0.4, -0.2) is 18.3 Å². The van der Waals surface area contributed by atoms with E-state index in [-0.39, 0.29) is 17.7 Å². The summed E-state index contributed by atoms with van der Waals surface area (Å²) in [6.45, 7) is 2.94. The molecule has 2 unspecified atom stereocenters. The monoisotopic (exact) mass is 289 g/mol. The summed E-state index contributed by atoms with van der Waals surface area (Å²) in [6.07, 6.45) is 8.19. The Morgan fingerprint density at radius 3 is 2.86 bits per heavy atom. The third kappa shape index (κ3) is 3.24. The molecule has 2 atom stereocenters. The number of hydrogen-bond donors (Lipinski definition) is 1. The van der Waals surface area contributed by atoms with E-state index in [1.54, 1.807) is 0 Å². The average Bonchev–Trinajstić information content (AvgIpc) is 2.95. The predicted octanol–water partition coefficient (Wildman–Crippen LogP) is 3.97. The minimum Gasteiger partial charge on any atom is -0.490 e. The molecule has 0 radical (unpaired) electrons. The second-order valence-corrected chi connectivity index (χ2v) is 6.52. The van der Waals surface area contributed by atoms with Crippen molar-refractivity contribution in [1.82, 2.24) is 0 Å². The maximum atomic E-state index is 6.34. The summed E-state index contributed by atoms with van der Waals surface area (Å²) in [7, 11) is 0. The van der Waals surface area contributed by atoms with Crippen LogP contribution in [0, 0.1) is 0 Å². The first-order valence-electron chi connectivity index (χ1n) is 8.37. The summed E-state index contributed by atoms with van der Waals surface area (Å²) in [6, 6.07) is 8.28. The van der Waals surface area contributed by atoms with Crippen molar-refractivity contribution in [1.29, 1.82) is 0 Å². The third-order valence-electron chi connectivity index (χ3n) is 5.01. The molecule has 0 bridgehead atoms. The lowest BCUT2D eigenvalue weighted by atomic mass is 9.90. The van der Waals surface area contributed by atoms with Crippen molar-refractivity contribution >= 4 is 0 Å². The maximum Gasteiger partial charge on any atom is 0.124 e. The SMILES string of the molecule is CCC(N)c1ccccc1OC1CCOC2(CCCC2)C1. The van der Waals surface area contributed by atoms with Crippen molar-refractivity contribution < 1.29 is 9.47 Å². The molecule has 1 aromatic carbocycles. The van der Waals surface area contributed by atoms with E-state index < -0.39 is 0 Å². The number of ether oxygens (including phenoxy) is 2. The van der Waals surface area contributed by atoms with Crippen LogP contribution in [-0.2, 0) is 4.74 Å². The van der Waals surface area contributed by atoms with E-state index in [1.807, 2.05) is 12.1 Å². The van der Waals surface area contributed by atoms with Crippen LogP contribution in [0.25, 0.3) is 0 Å². The van der Waals surface area contributed by atoms with Gasteiger partial charge in [-0.25, -0.2) is 0 Å². The maximum absolute atomic E-state index is 6.34. The second-order valence-electron chi connectivity index (χ2n) is 6.52. The molecule has 0 amide bonds. The zero-order valence-corrected chi connectivity index (χ0v) is 13.0. The highest BCUT2D eigenvalue weighted by atomic mass is 16.5. The molecule has 2 fully saturated rings. The summed E-state index contributed by atoms with van der Waals surface area (Å²) in [5.74, 6) is 0.965. The highest BCUT2D eigenvalue weighted by Crippen LogP contribution is 2.41. The molecule has 1 saturated heterocycles. The highest BCUT2D eigenvalue weighted by Gasteiger charge is 2.40. The van der Waals surface area contributed by atoms with Crippen molar-refractivity contribution in [2.75, 3.05) is 6.61 Å². The van der Waals surface area contributed by atoms with E-state index in [0.717, 1.165) is 37.2 Å². The summed E-state index contributed by atoms with van der Waals surface area (Å²) < 4.78 is 12.4. The lowest BCUT2D eigenvalue weighted by molar-refractivity contribution is -0.108. The molecule has 1 heterocycles. The fourth-order valence-electron chi connectivity index (χ4n) is 3.74. The average molecular weight is 289 g/mol. The number of hydrogen-bond acceptors (Lipinski definition) is 3. The van der Waals surface area contributed by atoms with Crippen molar-refractivity contribution in [3.05, 3.63) is 29.8 Å². The van der Waals surface area contributed by atoms with Gasteiger partial charge in [0.2, 0.25) is 0 Å². The molecule has 1 saturated carbocycles. The standard InChI is InChI=1S/C18H27NO2/c1-2-16(19)15-7-3-4-8-17(15)21-14-9-12-20-18(13-14)10-5-6-11-18/h3-4,7-8,14,16H,2,5-6,9-13,19H2,1H3. The summed E-state index contributed by atoms with van der Waals surface area (Å²) in [4.78, 5) is 0. The van der Waals surface area contributed by atoms with Crippen molar-refractivity contribution in [2.45, 2.75) is 69.6 Å². The molecule has 2 aliphatic rings. The lowest BCUT2D eigenvalue weighted by Crippen LogP contribution is -2.41. The molecule has 0 aromatic heterocycles. The smallest absolute Gasteiger partial charge is 0.124 e. The molecule has 3 heteroatoms. The number of rotatable bonds is 4. The van der Waals surface area contributed by atoms with Crippen LogP contribution in [0.5, 0.6) is 5.75 Å². The topological polar surface area (TPSA) is 44.5 Å². The Morgan fingerprint density at radius 2 is 2.10 bits per heavy atom. The Morgan fingerprint density at radius 1 is 1.33 bits per heavy atom. The van der Waals surface area contributed by atoms with Gasteiger partial charge in [-0.2, -0.15) is 0 Å². The summed E-state index contributed by atoms with van der Waals surface area (Å²) >= 11 is 0. The lowest BCUT2D eigenvalue weighted by Gasteiger charge is -2.38. The third-order valence-corrected chi connectivity index (χ3v) is 5.01. The van der Waals surface area contributed by atoms with Gasteiger partial charge in [0.1, 0.15) is 11.9 Å². The first kappa shape index (κ1) is 14.9. The Bertz CT molecular complexity index is 468. The molecule has 1 aromatic rings. The van der Waals surface area contributed by atoms with Crippen LogP contribution in [0.4, 0.5) is 0 Å². The summed E-state index contributed by atoms with van der Waals surface area (Å²) in [5.41, 5.74) is 7.44. The molecule has 3 nitrogen and oxygen atoms in total. The minimum atomic E-state index is 0.0569. The van der Waals surface area contributed by atoms with Gasteiger partial charge in [-0.3, -0.25) is 0 Å². The van der Waals surface area contributed by atoms with Crippen molar-refractivity contribution in [2.24, 2.45) is 5.73 Å². The van der Waals surface area contributed by atoms with Gasteiger partial charge in [0, 0.05) is 24.4 Å². The summed E-state index contributed by atoms with van der Waals surface area (Å²) in [5, 5.41) is 0. The normalized spacial score (nSPS) is 25.9. The molecule has 1 aliphatic heterocycles. The van der Waals surface area contributed by atoms with E-state index in [2.05, 4.69) is 19.1 Å². The first-order valence-corrected chi connectivity index (χ1v) is 8.37. The zero-order valence-electron chi connectivity index (χ0n) is 13.0. The van der Waals surface area contributed by atoms with Crippen LogP contribution < -0.4 is 10.5 Å². The first-order chi connectivity index (χ1) is 10.2. The van der Waals surface area contributed by atoms with Crippen LogP contribution in [0.15, 0.2) is 24.3 Å². The van der Waals surface area contributed by atoms with Gasteiger partial charge in [0.25, 0.3) is 0 Å². The van der Waals surface area contributed by atoms with Gasteiger partial charge in [-0.05, 0) is 25.3 Å².